The Morgan fingerprint density at radius 3 is 2.29 bits per heavy atom. The standard InChI is InChI=1S/C15H24O2/c1-10(2)14(16)8-9-17-15-12(4)7-6-11(3)13(15)5/h6-7,10,14,16H,8-9H2,1-5H3. The lowest BCUT2D eigenvalue weighted by Crippen LogP contribution is -2.18. The molecule has 1 N–H and O–H groups in total. The number of hydrogen-bond acceptors (Lipinski definition) is 2. The topological polar surface area (TPSA) is 29.5 Å². The summed E-state index contributed by atoms with van der Waals surface area (Å²) < 4.78 is 5.81. The summed E-state index contributed by atoms with van der Waals surface area (Å²) in [7, 11) is 0. The van der Waals surface area contributed by atoms with Crippen molar-refractivity contribution in [3.63, 3.8) is 0 Å². The second-order valence-electron chi connectivity index (χ2n) is 5.10. The molecule has 0 bridgehead atoms. The molecule has 0 fully saturated rings. The highest BCUT2D eigenvalue weighted by atomic mass is 16.5. The van der Waals surface area contributed by atoms with E-state index < -0.39 is 0 Å². The Balaban J connectivity index is 2.61. The van der Waals surface area contributed by atoms with Gasteiger partial charge in [-0.15, -0.1) is 0 Å². The van der Waals surface area contributed by atoms with Crippen molar-refractivity contribution >= 4 is 0 Å². The summed E-state index contributed by atoms with van der Waals surface area (Å²) in [6.07, 6.45) is 0.408. The Morgan fingerprint density at radius 1 is 1.12 bits per heavy atom. The third kappa shape index (κ3) is 3.74. The number of hydrogen-bond donors (Lipinski definition) is 1. The van der Waals surface area contributed by atoms with Gasteiger partial charge in [-0.3, -0.25) is 0 Å². The summed E-state index contributed by atoms with van der Waals surface area (Å²) in [6.45, 7) is 10.8. The fraction of sp³-hybridized carbons (Fsp3) is 0.600. The van der Waals surface area contributed by atoms with Gasteiger partial charge >= 0.3 is 0 Å². The minimum absolute atomic E-state index is 0.277. The van der Waals surface area contributed by atoms with E-state index in [-0.39, 0.29) is 6.10 Å². The first-order valence-corrected chi connectivity index (χ1v) is 6.31. The molecule has 0 spiro atoms. The zero-order chi connectivity index (χ0) is 13.0. The molecule has 0 aromatic heterocycles. The number of benzene rings is 1. The second-order valence-corrected chi connectivity index (χ2v) is 5.10. The minimum atomic E-state index is -0.277. The van der Waals surface area contributed by atoms with E-state index >= 15 is 0 Å². The highest BCUT2D eigenvalue weighted by Gasteiger charge is 2.11. The van der Waals surface area contributed by atoms with Crippen LogP contribution in [0.1, 0.15) is 37.0 Å². The Bertz CT molecular complexity index is 369. The fourth-order valence-electron chi connectivity index (χ4n) is 1.76. The van der Waals surface area contributed by atoms with E-state index in [1.165, 1.54) is 11.1 Å². The zero-order valence-corrected chi connectivity index (χ0v) is 11.6. The van der Waals surface area contributed by atoms with Crippen LogP contribution in [-0.2, 0) is 0 Å². The molecule has 0 amide bonds. The maximum absolute atomic E-state index is 9.72. The molecule has 17 heavy (non-hydrogen) atoms. The molecule has 1 aromatic rings. The van der Waals surface area contributed by atoms with Crippen molar-refractivity contribution in [3.05, 3.63) is 28.8 Å². The summed E-state index contributed by atoms with van der Waals surface area (Å²) in [4.78, 5) is 0. The van der Waals surface area contributed by atoms with Gasteiger partial charge in [0, 0.05) is 6.42 Å². The first-order chi connectivity index (χ1) is 7.93. The van der Waals surface area contributed by atoms with Crippen molar-refractivity contribution in [3.8, 4) is 5.75 Å². The lowest BCUT2D eigenvalue weighted by Gasteiger charge is -2.17. The number of rotatable bonds is 5. The molecule has 1 unspecified atom stereocenters. The summed E-state index contributed by atoms with van der Waals surface area (Å²) >= 11 is 0. The Kier molecular flexibility index (Phi) is 5.01. The lowest BCUT2D eigenvalue weighted by molar-refractivity contribution is 0.0973. The van der Waals surface area contributed by atoms with Crippen molar-refractivity contribution in [1.29, 1.82) is 0 Å². The molecule has 1 aromatic carbocycles. The average Bonchev–Trinajstić information content (AvgIpc) is 2.28. The van der Waals surface area contributed by atoms with Crippen LogP contribution in [0.4, 0.5) is 0 Å². The summed E-state index contributed by atoms with van der Waals surface area (Å²) in [5.41, 5.74) is 3.60. The Morgan fingerprint density at radius 2 is 1.71 bits per heavy atom. The molecule has 2 nitrogen and oxygen atoms in total. The average molecular weight is 236 g/mol. The van der Waals surface area contributed by atoms with Crippen LogP contribution in [0, 0.1) is 26.7 Å². The largest absolute Gasteiger partial charge is 0.493 e. The Hall–Kier alpha value is -1.02. The smallest absolute Gasteiger partial charge is 0.125 e. The van der Waals surface area contributed by atoms with Gasteiger partial charge < -0.3 is 9.84 Å². The summed E-state index contributed by atoms with van der Waals surface area (Å²) in [6, 6.07) is 4.19. The van der Waals surface area contributed by atoms with E-state index in [0.717, 1.165) is 11.3 Å². The molecule has 0 saturated carbocycles. The normalized spacial score (nSPS) is 12.9. The van der Waals surface area contributed by atoms with E-state index in [1.807, 2.05) is 13.8 Å². The van der Waals surface area contributed by atoms with Crippen molar-refractivity contribution in [2.24, 2.45) is 5.92 Å². The summed E-state index contributed by atoms with van der Waals surface area (Å²) in [5.74, 6) is 1.26. The highest BCUT2D eigenvalue weighted by molar-refractivity contribution is 5.44. The van der Waals surface area contributed by atoms with E-state index in [1.54, 1.807) is 0 Å². The molecule has 0 radical (unpaired) electrons. The molecule has 0 aliphatic rings. The van der Waals surface area contributed by atoms with Crippen molar-refractivity contribution in [2.75, 3.05) is 6.61 Å². The first-order valence-electron chi connectivity index (χ1n) is 6.31. The van der Waals surface area contributed by atoms with Crippen molar-refractivity contribution < 1.29 is 9.84 Å². The van der Waals surface area contributed by atoms with Gasteiger partial charge in [-0.05, 0) is 43.4 Å². The number of aliphatic hydroxyl groups is 1. The lowest BCUT2D eigenvalue weighted by atomic mass is 10.0. The molecule has 0 heterocycles. The van der Waals surface area contributed by atoms with Gasteiger partial charge in [-0.1, -0.05) is 26.0 Å². The number of aryl methyl sites for hydroxylation is 2. The van der Waals surface area contributed by atoms with E-state index in [4.69, 9.17) is 4.74 Å². The molecule has 2 heteroatoms. The maximum Gasteiger partial charge on any atom is 0.125 e. The van der Waals surface area contributed by atoms with Gasteiger partial charge in [0.1, 0.15) is 5.75 Å². The first kappa shape index (κ1) is 14.0. The molecule has 96 valence electrons. The van der Waals surface area contributed by atoms with Crippen LogP contribution in [0.25, 0.3) is 0 Å². The van der Waals surface area contributed by atoms with E-state index in [9.17, 15) is 5.11 Å². The quantitative estimate of drug-likeness (QED) is 0.849. The van der Waals surface area contributed by atoms with Crippen molar-refractivity contribution in [1.82, 2.24) is 0 Å². The Labute approximate surface area is 105 Å². The second kappa shape index (κ2) is 6.06. The SMILES string of the molecule is Cc1ccc(C)c(OCCC(O)C(C)C)c1C. The van der Waals surface area contributed by atoms with Gasteiger partial charge in [0.15, 0.2) is 0 Å². The van der Waals surface area contributed by atoms with Crippen molar-refractivity contribution in [2.45, 2.75) is 47.1 Å². The van der Waals surface area contributed by atoms with Crippen LogP contribution in [0.3, 0.4) is 0 Å². The van der Waals surface area contributed by atoms with Crippen LogP contribution in [0.2, 0.25) is 0 Å². The summed E-state index contributed by atoms with van der Waals surface area (Å²) in [5, 5.41) is 9.72. The number of aliphatic hydroxyl groups excluding tert-OH is 1. The molecule has 0 aliphatic heterocycles. The maximum atomic E-state index is 9.72. The third-order valence-corrected chi connectivity index (χ3v) is 3.30. The van der Waals surface area contributed by atoms with Gasteiger partial charge in [-0.2, -0.15) is 0 Å². The van der Waals surface area contributed by atoms with Crippen LogP contribution in [0.5, 0.6) is 5.75 Å². The molecule has 0 aliphatic carbocycles. The van der Waals surface area contributed by atoms with Gasteiger partial charge in [0.05, 0.1) is 12.7 Å². The van der Waals surface area contributed by atoms with Crippen LogP contribution in [-0.4, -0.2) is 17.8 Å². The van der Waals surface area contributed by atoms with E-state index in [0.29, 0.717) is 18.9 Å². The van der Waals surface area contributed by atoms with Gasteiger partial charge in [0.2, 0.25) is 0 Å². The van der Waals surface area contributed by atoms with Gasteiger partial charge in [-0.25, -0.2) is 0 Å². The minimum Gasteiger partial charge on any atom is -0.493 e. The van der Waals surface area contributed by atoms with Gasteiger partial charge in [0.25, 0.3) is 0 Å². The predicted octanol–water partition coefficient (Wildman–Crippen LogP) is 3.40. The highest BCUT2D eigenvalue weighted by Crippen LogP contribution is 2.26. The van der Waals surface area contributed by atoms with Crippen LogP contribution < -0.4 is 4.74 Å². The molecule has 0 saturated heterocycles. The van der Waals surface area contributed by atoms with E-state index in [2.05, 4.69) is 32.9 Å². The molecule has 1 rings (SSSR count). The predicted molar refractivity (Wildman–Crippen MR) is 71.6 cm³/mol. The van der Waals surface area contributed by atoms with Crippen LogP contribution in [0.15, 0.2) is 12.1 Å². The van der Waals surface area contributed by atoms with Crippen LogP contribution >= 0.6 is 0 Å². The zero-order valence-electron chi connectivity index (χ0n) is 11.6. The monoisotopic (exact) mass is 236 g/mol. The molecular formula is C15H24O2. The number of ether oxygens (including phenoxy) is 1. The molecular weight excluding hydrogens is 212 g/mol. The fourth-order valence-corrected chi connectivity index (χ4v) is 1.76. The molecule has 1 atom stereocenters. The third-order valence-electron chi connectivity index (χ3n) is 3.30.